The molecule has 0 bridgehead atoms. The zero-order valence-electron chi connectivity index (χ0n) is 13.5. The second kappa shape index (κ2) is 5.72. The molecule has 1 heterocycles. The van der Waals surface area contributed by atoms with Gasteiger partial charge in [0.2, 0.25) is 10.0 Å². The van der Waals surface area contributed by atoms with Crippen LogP contribution in [0, 0.1) is 12.8 Å². The first-order valence-corrected chi connectivity index (χ1v) is 9.52. The Kier molecular flexibility index (Phi) is 3.66. The van der Waals surface area contributed by atoms with Crippen molar-refractivity contribution in [3.05, 3.63) is 83.4 Å². The van der Waals surface area contributed by atoms with Crippen molar-refractivity contribution in [2.75, 3.05) is 13.1 Å². The molecule has 1 fully saturated rings. The molecule has 0 amide bonds. The van der Waals surface area contributed by atoms with Gasteiger partial charge < -0.3 is 0 Å². The summed E-state index contributed by atoms with van der Waals surface area (Å²) in [6.45, 7) is 2.95. The van der Waals surface area contributed by atoms with Gasteiger partial charge in [0.15, 0.2) is 0 Å². The molecule has 0 spiro atoms. The van der Waals surface area contributed by atoms with E-state index in [0.717, 1.165) is 5.56 Å². The number of sulfonamides is 1. The number of rotatable bonds is 3. The van der Waals surface area contributed by atoms with Gasteiger partial charge in [-0.15, -0.1) is 0 Å². The van der Waals surface area contributed by atoms with Gasteiger partial charge in [-0.2, -0.15) is 4.31 Å². The third-order valence-electron chi connectivity index (χ3n) is 4.81. The van der Waals surface area contributed by atoms with Crippen LogP contribution in [0.25, 0.3) is 5.57 Å². The summed E-state index contributed by atoms with van der Waals surface area (Å²) < 4.78 is 27.4. The first-order valence-electron chi connectivity index (χ1n) is 8.08. The van der Waals surface area contributed by atoms with Crippen LogP contribution < -0.4 is 0 Å². The lowest BCUT2D eigenvalue weighted by atomic mass is 9.93. The van der Waals surface area contributed by atoms with Crippen LogP contribution in [0.3, 0.4) is 0 Å². The summed E-state index contributed by atoms with van der Waals surface area (Å²) in [6.07, 6.45) is 4.21. The van der Waals surface area contributed by atoms with E-state index >= 15 is 0 Å². The fourth-order valence-electron chi connectivity index (χ4n) is 3.45. The molecule has 24 heavy (non-hydrogen) atoms. The van der Waals surface area contributed by atoms with Gasteiger partial charge >= 0.3 is 0 Å². The van der Waals surface area contributed by atoms with Crippen LogP contribution in [0.5, 0.6) is 0 Å². The van der Waals surface area contributed by atoms with Crippen LogP contribution in [0.4, 0.5) is 0 Å². The van der Waals surface area contributed by atoms with E-state index in [0.29, 0.717) is 18.0 Å². The van der Waals surface area contributed by atoms with Crippen molar-refractivity contribution < 1.29 is 8.42 Å². The van der Waals surface area contributed by atoms with E-state index in [9.17, 15) is 8.42 Å². The lowest BCUT2D eigenvalue weighted by molar-refractivity contribution is 0.472. The molecule has 1 unspecified atom stereocenters. The highest BCUT2D eigenvalue weighted by molar-refractivity contribution is 7.89. The van der Waals surface area contributed by atoms with Gasteiger partial charge in [-0.1, -0.05) is 60.2 Å². The van der Waals surface area contributed by atoms with Crippen LogP contribution in [-0.4, -0.2) is 25.8 Å². The van der Waals surface area contributed by atoms with Crippen molar-refractivity contribution in [3.8, 4) is 0 Å². The minimum Gasteiger partial charge on any atom is -0.207 e. The molecule has 3 nitrogen and oxygen atoms in total. The van der Waals surface area contributed by atoms with Gasteiger partial charge in [0.1, 0.15) is 0 Å². The van der Waals surface area contributed by atoms with Gasteiger partial charge in [0.05, 0.1) is 4.90 Å². The second-order valence-corrected chi connectivity index (χ2v) is 8.33. The highest BCUT2D eigenvalue weighted by atomic mass is 32.2. The zero-order chi connectivity index (χ0) is 16.7. The second-order valence-electron chi connectivity index (χ2n) is 6.39. The standard InChI is InChI=1S/C20H19NO2S/c1-15-7-10-18(11-8-15)24(22,23)21-13-17-9-12-19(20(17)14-21)16-5-3-2-4-6-16/h2-12,20H,13-14H2,1H3. The Labute approximate surface area is 143 Å². The fourth-order valence-corrected chi connectivity index (χ4v) is 4.89. The fraction of sp³-hybridized carbons (Fsp3) is 0.200. The summed E-state index contributed by atoms with van der Waals surface area (Å²) in [6, 6.07) is 17.3. The van der Waals surface area contributed by atoms with E-state index in [-0.39, 0.29) is 5.92 Å². The number of aryl methyl sites for hydroxylation is 1. The maximum atomic E-state index is 12.9. The Morgan fingerprint density at radius 3 is 2.38 bits per heavy atom. The van der Waals surface area contributed by atoms with Crippen LogP contribution in [0.15, 0.2) is 77.2 Å². The smallest absolute Gasteiger partial charge is 0.207 e. The largest absolute Gasteiger partial charge is 0.243 e. The molecule has 1 aliphatic carbocycles. The molecule has 4 rings (SSSR count). The predicted molar refractivity (Wildman–Crippen MR) is 95.9 cm³/mol. The van der Waals surface area contributed by atoms with Crippen LogP contribution in [0.2, 0.25) is 0 Å². The Hall–Kier alpha value is -2.17. The van der Waals surface area contributed by atoms with Crippen LogP contribution in [0.1, 0.15) is 11.1 Å². The summed E-state index contributed by atoms with van der Waals surface area (Å²) >= 11 is 0. The average Bonchev–Trinajstić information content (AvgIpc) is 3.17. The van der Waals surface area contributed by atoms with Crippen molar-refractivity contribution >= 4 is 15.6 Å². The maximum absolute atomic E-state index is 12.9. The Bertz CT molecular complexity index is 925. The Morgan fingerprint density at radius 1 is 0.958 bits per heavy atom. The molecule has 2 aliphatic rings. The number of fused-ring (bicyclic) bond motifs is 1. The molecule has 1 aliphatic heterocycles. The number of benzene rings is 2. The van der Waals surface area contributed by atoms with Gasteiger partial charge in [0, 0.05) is 19.0 Å². The molecular weight excluding hydrogens is 318 g/mol. The van der Waals surface area contributed by atoms with Crippen molar-refractivity contribution in [1.29, 1.82) is 0 Å². The lowest BCUT2D eigenvalue weighted by Gasteiger charge is -2.17. The van der Waals surface area contributed by atoms with Crippen LogP contribution in [-0.2, 0) is 10.0 Å². The first-order chi connectivity index (χ1) is 11.6. The Balaban J connectivity index is 1.60. The molecule has 1 saturated heterocycles. The van der Waals surface area contributed by atoms with Crippen molar-refractivity contribution in [2.45, 2.75) is 11.8 Å². The third kappa shape index (κ3) is 2.52. The lowest BCUT2D eigenvalue weighted by Crippen LogP contribution is -2.29. The molecule has 122 valence electrons. The summed E-state index contributed by atoms with van der Waals surface area (Å²) in [5, 5.41) is 0. The molecule has 2 aromatic rings. The minimum atomic E-state index is -3.44. The number of hydrogen-bond donors (Lipinski definition) is 0. The van der Waals surface area contributed by atoms with Crippen LogP contribution >= 0.6 is 0 Å². The molecule has 4 heteroatoms. The molecule has 1 atom stereocenters. The van der Waals surface area contributed by atoms with Crippen molar-refractivity contribution in [3.63, 3.8) is 0 Å². The first kappa shape index (κ1) is 15.4. The monoisotopic (exact) mass is 337 g/mol. The summed E-state index contributed by atoms with van der Waals surface area (Å²) in [4.78, 5) is 0.374. The number of allylic oxidation sites excluding steroid dienone is 2. The Morgan fingerprint density at radius 2 is 1.67 bits per heavy atom. The van der Waals surface area contributed by atoms with E-state index in [1.807, 2.05) is 37.3 Å². The average molecular weight is 337 g/mol. The number of nitrogens with zero attached hydrogens (tertiary/aromatic N) is 1. The molecule has 0 N–H and O–H groups in total. The maximum Gasteiger partial charge on any atom is 0.243 e. The van der Waals surface area contributed by atoms with E-state index in [1.54, 1.807) is 16.4 Å². The molecule has 0 saturated carbocycles. The highest BCUT2D eigenvalue weighted by Crippen LogP contribution is 2.40. The van der Waals surface area contributed by atoms with Crippen molar-refractivity contribution in [2.24, 2.45) is 5.92 Å². The van der Waals surface area contributed by atoms with Gasteiger partial charge in [-0.05, 0) is 35.8 Å². The summed E-state index contributed by atoms with van der Waals surface area (Å²) in [5.74, 6) is 0.174. The third-order valence-corrected chi connectivity index (χ3v) is 6.64. The summed E-state index contributed by atoms with van der Waals surface area (Å²) in [5.41, 5.74) is 4.63. The predicted octanol–water partition coefficient (Wildman–Crippen LogP) is 3.64. The van der Waals surface area contributed by atoms with Gasteiger partial charge in [0.25, 0.3) is 0 Å². The zero-order valence-corrected chi connectivity index (χ0v) is 14.3. The van der Waals surface area contributed by atoms with E-state index in [2.05, 4.69) is 24.3 Å². The van der Waals surface area contributed by atoms with E-state index in [1.165, 1.54) is 16.7 Å². The molecule has 0 aromatic heterocycles. The minimum absolute atomic E-state index is 0.174. The quantitative estimate of drug-likeness (QED) is 0.857. The SMILES string of the molecule is Cc1ccc(S(=O)(=O)N2CC3=CC=C(c4ccccc4)C3C2)cc1. The van der Waals surface area contributed by atoms with Gasteiger partial charge in [-0.25, -0.2) is 8.42 Å². The van der Waals surface area contributed by atoms with Crippen molar-refractivity contribution in [1.82, 2.24) is 4.31 Å². The summed E-state index contributed by atoms with van der Waals surface area (Å²) in [7, 11) is -3.44. The molecule has 2 aromatic carbocycles. The number of hydrogen-bond acceptors (Lipinski definition) is 2. The topological polar surface area (TPSA) is 37.4 Å². The van der Waals surface area contributed by atoms with E-state index < -0.39 is 10.0 Å². The highest BCUT2D eigenvalue weighted by Gasteiger charge is 2.39. The van der Waals surface area contributed by atoms with E-state index in [4.69, 9.17) is 0 Å². The normalized spacial score (nSPS) is 20.6. The van der Waals surface area contributed by atoms with Gasteiger partial charge in [-0.3, -0.25) is 0 Å². The molecule has 0 radical (unpaired) electrons. The molecular formula is C20H19NO2S.